The van der Waals surface area contributed by atoms with Gasteiger partial charge in [-0.1, -0.05) is 23.8 Å². The topological polar surface area (TPSA) is 48.6 Å². The number of rotatable bonds is 3. The molecule has 5 heteroatoms. The van der Waals surface area contributed by atoms with Crippen molar-refractivity contribution in [1.29, 1.82) is 0 Å². The Labute approximate surface area is 192 Å². The second-order valence-corrected chi connectivity index (χ2v) is 10.2. The molecule has 0 saturated carbocycles. The number of piperidine rings is 1. The summed E-state index contributed by atoms with van der Waals surface area (Å²) in [6.07, 6.45) is 9.42. The van der Waals surface area contributed by atoms with Crippen LogP contribution >= 0.6 is 0 Å². The van der Waals surface area contributed by atoms with Gasteiger partial charge in [0, 0.05) is 49.0 Å². The molecule has 0 unspecified atom stereocenters. The summed E-state index contributed by atoms with van der Waals surface area (Å²) in [7, 11) is 0. The molecule has 1 aromatic carbocycles. The molecular weight excluding hydrogens is 398 g/mol. The molecule has 1 amide bonds. The molecule has 1 aromatic heterocycles. The predicted molar refractivity (Wildman–Crippen MR) is 132 cm³/mol. The lowest BCUT2D eigenvalue weighted by Crippen LogP contribution is -2.41. The number of benzene rings is 1. The van der Waals surface area contributed by atoms with E-state index in [1.807, 2.05) is 25.7 Å². The fraction of sp³-hybridized carbons (Fsp3) is 0.519. The number of hydrogen-bond donors (Lipinski definition) is 1. The average Bonchev–Trinajstić information content (AvgIpc) is 3.17. The fourth-order valence-electron chi connectivity index (χ4n) is 4.87. The Morgan fingerprint density at radius 3 is 2.62 bits per heavy atom. The van der Waals surface area contributed by atoms with Crippen molar-refractivity contribution in [1.82, 2.24) is 9.88 Å². The Balaban J connectivity index is 1.45. The lowest BCUT2D eigenvalue weighted by atomic mass is 9.89. The number of fused-ring (bicyclic) bond motifs is 1. The van der Waals surface area contributed by atoms with Gasteiger partial charge in [0.05, 0.1) is 0 Å². The lowest BCUT2D eigenvalue weighted by molar-refractivity contribution is 0.0205. The van der Waals surface area contributed by atoms with Gasteiger partial charge in [-0.3, -0.25) is 0 Å². The molecule has 0 spiro atoms. The molecule has 3 heterocycles. The van der Waals surface area contributed by atoms with Crippen molar-refractivity contribution in [2.45, 2.75) is 65.4 Å². The van der Waals surface area contributed by atoms with Crippen molar-refractivity contribution in [3.63, 3.8) is 0 Å². The van der Waals surface area contributed by atoms with Gasteiger partial charge in [0.2, 0.25) is 0 Å². The predicted octanol–water partition coefficient (Wildman–Crippen LogP) is 6.39. The fourth-order valence-corrected chi connectivity index (χ4v) is 4.87. The van der Waals surface area contributed by atoms with Gasteiger partial charge in [-0.2, -0.15) is 0 Å². The zero-order valence-electron chi connectivity index (χ0n) is 20.2. The number of aromatic nitrogens is 1. The number of amides is 1. The van der Waals surface area contributed by atoms with Gasteiger partial charge in [-0.05, 0) is 83.1 Å². The summed E-state index contributed by atoms with van der Waals surface area (Å²) in [5.74, 6) is 0.468. The molecular formula is C27H37N3O2. The third kappa shape index (κ3) is 4.87. The maximum absolute atomic E-state index is 12.4. The largest absolute Gasteiger partial charge is 0.444 e. The number of ether oxygens (including phenoxy) is 1. The summed E-state index contributed by atoms with van der Waals surface area (Å²) in [5, 5.41) is 1.31. The molecule has 2 aliphatic heterocycles. The van der Waals surface area contributed by atoms with E-state index in [0.717, 1.165) is 45.4 Å². The maximum Gasteiger partial charge on any atom is 0.410 e. The third-order valence-electron chi connectivity index (χ3n) is 6.68. The number of likely N-dealkylation sites (tertiary alicyclic amines) is 1. The van der Waals surface area contributed by atoms with E-state index in [9.17, 15) is 4.79 Å². The van der Waals surface area contributed by atoms with E-state index in [0.29, 0.717) is 5.92 Å². The number of carbonyl (C=O) groups excluding carboxylic acids is 1. The zero-order valence-corrected chi connectivity index (χ0v) is 20.2. The molecule has 1 saturated heterocycles. The van der Waals surface area contributed by atoms with E-state index in [-0.39, 0.29) is 6.09 Å². The van der Waals surface area contributed by atoms with Gasteiger partial charge in [0.1, 0.15) is 5.60 Å². The first-order valence-corrected chi connectivity index (χ1v) is 11.9. The van der Waals surface area contributed by atoms with E-state index in [1.54, 1.807) is 0 Å². The molecule has 32 heavy (non-hydrogen) atoms. The average molecular weight is 436 g/mol. The second kappa shape index (κ2) is 9.05. The Kier molecular flexibility index (Phi) is 6.36. The van der Waals surface area contributed by atoms with Gasteiger partial charge >= 0.3 is 6.09 Å². The molecule has 0 atom stereocenters. The van der Waals surface area contributed by atoms with Crippen molar-refractivity contribution in [2.75, 3.05) is 31.1 Å². The van der Waals surface area contributed by atoms with Gasteiger partial charge in [-0.15, -0.1) is 0 Å². The Hall–Kier alpha value is -2.69. The standard InChI is InChI=1S/C27H37N3O2/c1-6-7-21-18-30(13-10-19(21)2)22-8-9-23-24(17-28-25(23)16-22)20-11-14-29(15-12-20)26(31)32-27(3,4)5/h6-9,16-17,20,28H,10-15,18H2,1-5H3/b7-6-. The summed E-state index contributed by atoms with van der Waals surface area (Å²) in [6, 6.07) is 6.84. The molecule has 172 valence electrons. The molecule has 1 fully saturated rings. The number of aromatic amines is 1. The Morgan fingerprint density at radius 1 is 1.19 bits per heavy atom. The number of allylic oxidation sites excluding steroid dienone is 1. The summed E-state index contributed by atoms with van der Waals surface area (Å²) >= 11 is 0. The lowest BCUT2D eigenvalue weighted by Gasteiger charge is -2.33. The molecule has 5 nitrogen and oxygen atoms in total. The van der Waals surface area contributed by atoms with Crippen LogP contribution in [0.1, 0.15) is 65.4 Å². The SMILES string of the molecule is C/C=C\C1=C(C)CCN(c2ccc3c(C4CCN(C(=O)OC(C)(C)C)CC4)c[nH]c3c2)C1. The molecule has 0 radical (unpaired) electrons. The van der Waals surface area contributed by atoms with Crippen molar-refractivity contribution in [3.8, 4) is 0 Å². The molecule has 2 aliphatic rings. The van der Waals surface area contributed by atoms with Gasteiger partial charge in [0.15, 0.2) is 0 Å². The van der Waals surface area contributed by atoms with Gasteiger partial charge in [-0.25, -0.2) is 4.79 Å². The maximum atomic E-state index is 12.4. The first kappa shape index (κ1) is 22.5. The minimum atomic E-state index is -0.446. The molecule has 2 aromatic rings. The summed E-state index contributed by atoms with van der Waals surface area (Å²) in [4.78, 5) is 20.2. The molecule has 0 bridgehead atoms. The van der Waals surface area contributed by atoms with Crippen LogP contribution in [-0.2, 0) is 4.74 Å². The highest BCUT2D eigenvalue weighted by atomic mass is 16.6. The molecule has 1 N–H and O–H groups in total. The number of nitrogens with one attached hydrogen (secondary N) is 1. The molecule has 4 rings (SSSR count). The van der Waals surface area contributed by atoms with Crippen molar-refractivity contribution in [2.24, 2.45) is 0 Å². The van der Waals surface area contributed by atoms with E-state index in [4.69, 9.17) is 4.74 Å². The third-order valence-corrected chi connectivity index (χ3v) is 6.68. The summed E-state index contributed by atoms with van der Waals surface area (Å²) in [6.45, 7) is 13.6. The Morgan fingerprint density at radius 2 is 1.94 bits per heavy atom. The van der Waals surface area contributed by atoms with Crippen LogP contribution in [0.4, 0.5) is 10.5 Å². The first-order valence-electron chi connectivity index (χ1n) is 11.9. The first-order chi connectivity index (χ1) is 15.2. The van der Waals surface area contributed by atoms with Gasteiger partial charge in [0.25, 0.3) is 0 Å². The smallest absolute Gasteiger partial charge is 0.410 e. The molecule has 0 aliphatic carbocycles. The summed E-state index contributed by atoms with van der Waals surface area (Å²) < 4.78 is 5.54. The van der Waals surface area contributed by atoms with E-state index in [1.165, 1.54) is 33.3 Å². The van der Waals surface area contributed by atoms with Crippen LogP contribution in [0.15, 0.2) is 47.7 Å². The van der Waals surface area contributed by atoms with Gasteiger partial charge < -0.3 is 19.5 Å². The second-order valence-electron chi connectivity index (χ2n) is 10.2. The van der Waals surface area contributed by atoms with Crippen molar-refractivity contribution < 1.29 is 9.53 Å². The monoisotopic (exact) mass is 435 g/mol. The van der Waals surface area contributed by atoms with Crippen LogP contribution in [-0.4, -0.2) is 47.8 Å². The normalized spacial score (nSPS) is 18.8. The summed E-state index contributed by atoms with van der Waals surface area (Å²) in [5.41, 5.74) is 6.34. The highest BCUT2D eigenvalue weighted by Gasteiger charge is 2.28. The van der Waals surface area contributed by atoms with Crippen LogP contribution in [0.3, 0.4) is 0 Å². The van der Waals surface area contributed by atoms with Crippen LogP contribution in [0.25, 0.3) is 10.9 Å². The van der Waals surface area contributed by atoms with Crippen LogP contribution < -0.4 is 4.90 Å². The van der Waals surface area contributed by atoms with Crippen LogP contribution in [0.5, 0.6) is 0 Å². The highest BCUT2D eigenvalue weighted by molar-refractivity contribution is 5.87. The van der Waals surface area contributed by atoms with Crippen LogP contribution in [0, 0.1) is 0 Å². The minimum absolute atomic E-state index is 0.192. The van der Waals surface area contributed by atoms with E-state index < -0.39 is 5.60 Å². The minimum Gasteiger partial charge on any atom is -0.444 e. The van der Waals surface area contributed by atoms with Crippen LogP contribution in [0.2, 0.25) is 0 Å². The number of hydrogen-bond acceptors (Lipinski definition) is 3. The number of carbonyl (C=O) groups is 1. The number of nitrogens with zero attached hydrogens (tertiary/aromatic N) is 2. The van der Waals surface area contributed by atoms with E-state index in [2.05, 4.69) is 60.3 Å². The quantitative estimate of drug-likeness (QED) is 0.608. The van der Waals surface area contributed by atoms with Crippen molar-refractivity contribution >= 4 is 22.7 Å². The Bertz CT molecular complexity index is 1030. The van der Waals surface area contributed by atoms with Crippen molar-refractivity contribution in [3.05, 3.63) is 53.3 Å². The number of H-pyrrole nitrogens is 1. The number of anilines is 1. The zero-order chi connectivity index (χ0) is 22.9. The van der Waals surface area contributed by atoms with E-state index >= 15 is 0 Å². The highest BCUT2D eigenvalue weighted by Crippen LogP contribution is 2.35.